The van der Waals surface area contributed by atoms with Crippen LogP contribution in [0.15, 0.2) is 75.7 Å². The van der Waals surface area contributed by atoms with Gasteiger partial charge in [-0.1, -0.05) is 30.4 Å². The van der Waals surface area contributed by atoms with E-state index in [4.69, 9.17) is 8.83 Å². The third kappa shape index (κ3) is 3.07. The molecule has 6 rings (SSSR count). The molecule has 160 valence electrons. The number of halogens is 1. The molecule has 7 nitrogen and oxygen atoms in total. The van der Waals surface area contributed by atoms with Gasteiger partial charge < -0.3 is 18.7 Å². The summed E-state index contributed by atoms with van der Waals surface area (Å²) in [6, 6.07) is 9.17. The molecule has 0 bridgehead atoms. The van der Waals surface area contributed by atoms with Crippen molar-refractivity contribution in [3.05, 3.63) is 95.7 Å². The number of aromatic nitrogens is 3. The largest absolute Gasteiger partial charge is 0.458 e. The molecule has 2 aliphatic rings. The van der Waals surface area contributed by atoms with Crippen molar-refractivity contribution in [3.63, 3.8) is 0 Å². The summed E-state index contributed by atoms with van der Waals surface area (Å²) in [5.74, 6) is 0.199. The van der Waals surface area contributed by atoms with Crippen LogP contribution in [-0.4, -0.2) is 32.3 Å². The third-order valence-electron chi connectivity index (χ3n) is 5.99. The summed E-state index contributed by atoms with van der Waals surface area (Å²) in [6.07, 6.45) is 8.73. The number of rotatable bonds is 3. The number of fused-ring (bicyclic) bond motifs is 2. The SMILES string of the molecule is O=C(c1cnc(C2C=CC=C(F)C2)o1)N1CCc2[nH]cnc2[C@H]1c1cc2ccccc2o1. The minimum atomic E-state index is -0.492. The number of amides is 1. The van der Waals surface area contributed by atoms with Gasteiger partial charge in [-0.25, -0.2) is 14.4 Å². The number of hydrogen-bond donors (Lipinski definition) is 1. The Morgan fingerprint density at radius 2 is 2.12 bits per heavy atom. The average molecular weight is 430 g/mol. The molecule has 1 amide bonds. The molecule has 0 saturated heterocycles. The summed E-state index contributed by atoms with van der Waals surface area (Å²) < 4.78 is 25.6. The first-order valence-corrected chi connectivity index (χ1v) is 10.5. The molecule has 3 aromatic heterocycles. The number of aromatic amines is 1. The van der Waals surface area contributed by atoms with Gasteiger partial charge in [-0.15, -0.1) is 0 Å². The van der Waals surface area contributed by atoms with E-state index in [1.165, 1.54) is 12.3 Å². The highest BCUT2D eigenvalue weighted by Gasteiger charge is 2.38. The molecular weight excluding hydrogens is 411 g/mol. The lowest BCUT2D eigenvalue weighted by Crippen LogP contribution is -2.40. The van der Waals surface area contributed by atoms with Crippen LogP contribution in [0.3, 0.4) is 0 Å². The number of allylic oxidation sites excluding steroid dienone is 4. The number of carbonyl (C=O) groups is 1. The Hall–Kier alpha value is -3.94. The van der Waals surface area contributed by atoms with Gasteiger partial charge in [0.25, 0.3) is 5.91 Å². The number of furan rings is 1. The van der Waals surface area contributed by atoms with Gasteiger partial charge in [0, 0.05) is 30.5 Å². The van der Waals surface area contributed by atoms with Crippen molar-refractivity contribution in [3.8, 4) is 0 Å². The molecule has 32 heavy (non-hydrogen) atoms. The monoisotopic (exact) mass is 430 g/mol. The minimum Gasteiger partial charge on any atom is -0.458 e. The fourth-order valence-electron chi connectivity index (χ4n) is 4.43. The van der Waals surface area contributed by atoms with E-state index in [1.54, 1.807) is 17.3 Å². The maximum absolute atomic E-state index is 13.7. The Bertz CT molecular complexity index is 1350. The Morgan fingerprint density at radius 3 is 3.00 bits per heavy atom. The summed E-state index contributed by atoms with van der Waals surface area (Å²) in [5, 5.41) is 0.957. The van der Waals surface area contributed by atoms with Crippen LogP contribution in [0.5, 0.6) is 0 Å². The zero-order valence-electron chi connectivity index (χ0n) is 17.0. The lowest BCUT2D eigenvalue weighted by Gasteiger charge is -2.33. The fourth-order valence-corrected chi connectivity index (χ4v) is 4.43. The Labute approximate surface area is 182 Å². The van der Waals surface area contributed by atoms with Crippen LogP contribution in [-0.2, 0) is 6.42 Å². The fraction of sp³-hybridized carbons (Fsp3) is 0.208. The van der Waals surface area contributed by atoms with Crippen molar-refractivity contribution in [2.24, 2.45) is 0 Å². The van der Waals surface area contributed by atoms with Crippen molar-refractivity contribution in [1.82, 2.24) is 19.9 Å². The normalized spacial score (nSPS) is 20.4. The van der Waals surface area contributed by atoms with Crippen molar-refractivity contribution < 1.29 is 18.0 Å². The van der Waals surface area contributed by atoms with Crippen molar-refractivity contribution in [2.75, 3.05) is 6.54 Å². The van der Waals surface area contributed by atoms with Crippen LogP contribution in [0.25, 0.3) is 11.0 Å². The summed E-state index contributed by atoms with van der Waals surface area (Å²) in [7, 11) is 0. The molecule has 1 N–H and O–H groups in total. The second-order valence-electron chi connectivity index (χ2n) is 7.98. The quantitative estimate of drug-likeness (QED) is 0.503. The third-order valence-corrected chi connectivity index (χ3v) is 5.99. The van der Waals surface area contributed by atoms with Gasteiger partial charge in [-0.2, -0.15) is 0 Å². The highest BCUT2D eigenvalue weighted by Crippen LogP contribution is 2.37. The average Bonchev–Trinajstić information content (AvgIpc) is 3.56. The molecule has 0 saturated carbocycles. The topological polar surface area (TPSA) is 88.2 Å². The second-order valence-corrected chi connectivity index (χ2v) is 7.98. The molecule has 0 radical (unpaired) electrons. The van der Waals surface area contributed by atoms with E-state index < -0.39 is 6.04 Å². The number of H-pyrrole nitrogens is 1. The predicted molar refractivity (Wildman–Crippen MR) is 114 cm³/mol. The maximum atomic E-state index is 13.7. The van der Waals surface area contributed by atoms with Crippen LogP contribution >= 0.6 is 0 Å². The van der Waals surface area contributed by atoms with E-state index in [0.29, 0.717) is 24.6 Å². The Kier molecular flexibility index (Phi) is 4.31. The molecule has 2 atom stereocenters. The second kappa shape index (κ2) is 7.33. The highest BCUT2D eigenvalue weighted by atomic mass is 19.1. The lowest BCUT2D eigenvalue weighted by molar-refractivity contribution is 0.0638. The predicted octanol–water partition coefficient (Wildman–Crippen LogP) is 4.83. The first-order valence-electron chi connectivity index (χ1n) is 10.5. The number of oxazole rings is 1. The van der Waals surface area contributed by atoms with Gasteiger partial charge in [0.05, 0.1) is 24.1 Å². The van der Waals surface area contributed by atoms with Gasteiger partial charge in [-0.05, 0) is 18.2 Å². The molecule has 0 fully saturated rings. The van der Waals surface area contributed by atoms with Crippen LogP contribution in [0.2, 0.25) is 0 Å². The number of carbonyl (C=O) groups excluding carboxylic acids is 1. The number of imidazole rings is 1. The van der Waals surface area contributed by atoms with E-state index in [9.17, 15) is 9.18 Å². The molecule has 1 aliphatic carbocycles. The van der Waals surface area contributed by atoms with Gasteiger partial charge in [0.2, 0.25) is 11.7 Å². The smallest absolute Gasteiger partial charge is 0.292 e. The van der Waals surface area contributed by atoms with Crippen LogP contribution in [0.4, 0.5) is 4.39 Å². The summed E-state index contributed by atoms with van der Waals surface area (Å²) in [4.78, 5) is 27.1. The van der Waals surface area contributed by atoms with Crippen LogP contribution < -0.4 is 0 Å². The van der Waals surface area contributed by atoms with E-state index in [2.05, 4.69) is 15.0 Å². The van der Waals surface area contributed by atoms with E-state index in [1.807, 2.05) is 36.4 Å². The number of para-hydroxylation sites is 1. The molecule has 8 heteroatoms. The first kappa shape index (κ1) is 18.8. The number of nitrogens with one attached hydrogen (secondary N) is 1. The maximum Gasteiger partial charge on any atom is 0.292 e. The zero-order valence-corrected chi connectivity index (χ0v) is 17.0. The summed E-state index contributed by atoms with van der Waals surface area (Å²) in [5.41, 5.74) is 2.48. The van der Waals surface area contributed by atoms with E-state index in [0.717, 1.165) is 22.4 Å². The van der Waals surface area contributed by atoms with Gasteiger partial charge in [0.15, 0.2) is 0 Å². The van der Waals surface area contributed by atoms with Crippen molar-refractivity contribution >= 4 is 16.9 Å². The molecule has 0 spiro atoms. The van der Waals surface area contributed by atoms with Crippen molar-refractivity contribution in [2.45, 2.75) is 24.8 Å². The number of hydrogen-bond acceptors (Lipinski definition) is 5. The van der Waals surface area contributed by atoms with Gasteiger partial charge >= 0.3 is 0 Å². The molecule has 4 heterocycles. The zero-order chi connectivity index (χ0) is 21.7. The summed E-state index contributed by atoms with van der Waals surface area (Å²) >= 11 is 0. The number of benzene rings is 1. The van der Waals surface area contributed by atoms with Crippen LogP contribution in [0, 0.1) is 0 Å². The van der Waals surface area contributed by atoms with Gasteiger partial charge in [0.1, 0.15) is 23.2 Å². The molecular formula is C24H19FN4O3. The highest BCUT2D eigenvalue weighted by molar-refractivity contribution is 5.92. The Balaban J connectivity index is 1.36. The first-order chi connectivity index (χ1) is 15.7. The Morgan fingerprint density at radius 1 is 1.22 bits per heavy atom. The van der Waals surface area contributed by atoms with Gasteiger partial charge in [-0.3, -0.25) is 4.79 Å². The molecule has 1 aliphatic heterocycles. The molecule has 1 unspecified atom stereocenters. The lowest BCUT2D eigenvalue weighted by atomic mass is 10.00. The van der Waals surface area contributed by atoms with E-state index in [-0.39, 0.29) is 29.8 Å². The summed E-state index contributed by atoms with van der Waals surface area (Å²) in [6.45, 7) is 0.465. The minimum absolute atomic E-state index is 0.114. The van der Waals surface area contributed by atoms with Crippen molar-refractivity contribution in [1.29, 1.82) is 0 Å². The molecule has 4 aromatic rings. The van der Waals surface area contributed by atoms with Crippen LogP contribution in [0.1, 0.15) is 52.0 Å². The van der Waals surface area contributed by atoms with E-state index >= 15 is 0 Å². The number of nitrogens with zero attached hydrogens (tertiary/aromatic N) is 3. The molecule has 1 aromatic carbocycles. The standard InChI is InChI=1S/C24H19FN4O3/c25-16-6-3-5-15(10-16)23-26-12-20(32-23)24(30)29-9-8-17-21(28-13-27-17)22(29)19-11-14-4-1-2-7-18(14)31-19/h1-7,11-13,15,22H,8-10H2,(H,27,28)/t15?,22-/m1/s1.